The molecule has 1 spiro atoms. The number of hydrogen-bond donors (Lipinski definition) is 1. The van der Waals surface area contributed by atoms with Crippen LogP contribution in [0.1, 0.15) is 55.1 Å². The van der Waals surface area contributed by atoms with Gasteiger partial charge in [0.25, 0.3) is 5.91 Å². The minimum Gasteiger partial charge on any atom is -0.612 e. The summed E-state index contributed by atoms with van der Waals surface area (Å²) in [7, 11) is 0. The fraction of sp³-hybridized carbons (Fsp3) is 0.400. The minimum atomic E-state index is -1.14. The van der Waals surface area contributed by atoms with Crippen LogP contribution < -0.4 is 10.1 Å². The number of carbonyl (C=O) groups is 2. The van der Waals surface area contributed by atoms with E-state index in [1.54, 1.807) is 6.26 Å². The summed E-state index contributed by atoms with van der Waals surface area (Å²) in [5.74, 6) is 0.869. The fourth-order valence-corrected chi connectivity index (χ4v) is 6.13. The number of piperidine rings is 1. The van der Waals surface area contributed by atoms with E-state index in [-0.39, 0.29) is 11.3 Å². The highest BCUT2D eigenvalue weighted by atomic mass is 32.2. The Bertz CT molecular complexity index is 1370. The Kier molecular flexibility index (Phi) is 7.05. The van der Waals surface area contributed by atoms with Crippen LogP contribution in [0.5, 0.6) is 5.75 Å². The lowest BCUT2D eigenvalue weighted by atomic mass is 9.74. The van der Waals surface area contributed by atoms with Crippen molar-refractivity contribution in [2.45, 2.75) is 56.1 Å². The average Bonchev–Trinajstić information content (AvgIpc) is 3.23. The second-order valence-electron chi connectivity index (χ2n) is 11.2. The topological polar surface area (TPSA) is 90.9 Å². The molecule has 5 rings (SSSR count). The molecule has 0 saturated carbocycles. The molecule has 0 bridgehead atoms. The highest BCUT2D eigenvalue weighted by Gasteiger charge is 2.44. The van der Waals surface area contributed by atoms with Crippen molar-refractivity contribution in [1.82, 2.24) is 10.2 Å². The smallest absolute Gasteiger partial charge is 0.407 e. The number of ether oxygens (including phenoxy) is 2. The van der Waals surface area contributed by atoms with Crippen LogP contribution in [0.2, 0.25) is 0 Å². The van der Waals surface area contributed by atoms with Gasteiger partial charge >= 0.3 is 6.09 Å². The van der Waals surface area contributed by atoms with Crippen molar-refractivity contribution < 1.29 is 23.6 Å². The highest BCUT2D eigenvalue weighted by molar-refractivity contribution is 7.91. The van der Waals surface area contributed by atoms with Crippen molar-refractivity contribution in [3.8, 4) is 5.75 Å². The van der Waals surface area contributed by atoms with Gasteiger partial charge < -0.3 is 24.2 Å². The summed E-state index contributed by atoms with van der Waals surface area (Å²) in [6, 6.07) is 17.4. The second kappa shape index (κ2) is 10.2. The maximum Gasteiger partial charge on any atom is 0.407 e. The number of carbonyl (C=O) groups excluding carboxylic acids is 2. The first-order valence-corrected chi connectivity index (χ1v) is 14.5. The molecule has 1 saturated heterocycles. The molecule has 0 aromatic heterocycles. The zero-order valence-corrected chi connectivity index (χ0v) is 23.2. The van der Waals surface area contributed by atoms with Crippen LogP contribution in [-0.2, 0) is 27.9 Å². The van der Waals surface area contributed by atoms with E-state index in [1.807, 2.05) is 74.2 Å². The van der Waals surface area contributed by atoms with Gasteiger partial charge in [-0.15, -0.1) is 0 Å². The van der Waals surface area contributed by atoms with E-state index in [1.165, 1.54) is 0 Å². The van der Waals surface area contributed by atoms with Crippen molar-refractivity contribution in [3.63, 3.8) is 0 Å². The Balaban J connectivity index is 1.28. The summed E-state index contributed by atoms with van der Waals surface area (Å²) in [4.78, 5) is 28.2. The van der Waals surface area contributed by atoms with Crippen molar-refractivity contribution in [2.75, 3.05) is 26.0 Å². The molecule has 2 heterocycles. The molecule has 3 aromatic rings. The summed E-state index contributed by atoms with van der Waals surface area (Å²) >= 11 is -1.14. The summed E-state index contributed by atoms with van der Waals surface area (Å²) in [6.45, 7) is 7.73. The number of amides is 2. The number of hydrogen-bond acceptors (Lipinski definition) is 5. The summed E-state index contributed by atoms with van der Waals surface area (Å²) < 4.78 is 23.6. The number of rotatable bonds is 4. The summed E-state index contributed by atoms with van der Waals surface area (Å²) in [6.07, 6.45) is 2.81. The van der Waals surface area contributed by atoms with Gasteiger partial charge in [-0.05, 0) is 86.1 Å². The first-order valence-electron chi connectivity index (χ1n) is 12.9. The highest BCUT2D eigenvalue weighted by Crippen LogP contribution is 2.46. The molecule has 7 nitrogen and oxygen atoms in total. The lowest BCUT2D eigenvalue weighted by molar-refractivity contribution is 0.0523. The molecule has 1 atom stereocenters. The van der Waals surface area contributed by atoms with E-state index in [4.69, 9.17) is 9.47 Å². The van der Waals surface area contributed by atoms with Crippen LogP contribution in [0.3, 0.4) is 0 Å². The normalized spacial score (nSPS) is 17.1. The maximum absolute atomic E-state index is 13.4. The molecular weight excluding hydrogens is 500 g/mol. The van der Waals surface area contributed by atoms with Crippen LogP contribution in [0.25, 0.3) is 10.8 Å². The first-order chi connectivity index (χ1) is 18.0. The molecule has 3 aromatic carbocycles. The summed E-state index contributed by atoms with van der Waals surface area (Å²) in [5, 5.41) is 4.66. The van der Waals surface area contributed by atoms with Gasteiger partial charge in [-0.3, -0.25) is 4.79 Å². The van der Waals surface area contributed by atoms with Crippen LogP contribution in [0.15, 0.2) is 59.5 Å². The van der Waals surface area contributed by atoms with Gasteiger partial charge in [0.1, 0.15) is 17.6 Å². The molecule has 2 amide bonds. The zero-order chi connectivity index (χ0) is 27.1. The molecule has 1 N–H and O–H groups in total. The van der Waals surface area contributed by atoms with E-state index in [9.17, 15) is 14.1 Å². The molecular formula is C30H34N2O5S. The van der Waals surface area contributed by atoms with Gasteiger partial charge in [0.2, 0.25) is 0 Å². The third-order valence-electron chi connectivity index (χ3n) is 7.36. The number of alkyl carbamates (subject to hydrolysis) is 1. The SMILES string of the molecule is C[S+]([O-])c1cccc2ccc(C(=O)N3CCC4(CC3)COc3ccc(CNC(=O)OC(C)(C)C)cc34)cc12. The third kappa shape index (κ3) is 5.33. The van der Waals surface area contributed by atoms with Gasteiger partial charge in [0.15, 0.2) is 4.90 Å². The van der Waals surface area contributed by atoms with Crippen LogP contribution in [0.4, 0.5) is 4.79 Å². The Morgan fingerprint density at radius 2 is 1.87 bits per heavy atom. The number of nitrogens with zero attached hydrogens (tertiary/aromatic N) is 1. The van der Waals surface area contributed by atoms with Gasteiger partial charge in [-0.25, -0.2) is 4.79 Å². The van der Waals surface area contributed by atoms with E-state index in [0.717, 1.165) is 45.4 Å². The predicted molar refractivity (Wildman–Crippen MR) is 148 cm³/mol. The number of nitrogens with one attached hydrogen (secondary N) is 1. The molecule has 0 radical (unpaired) electrons. The van der Waals surface area contributed by atoms with Crippen molar-refractivity contribution in [3.05, 3.63) is 71.3 Å². The molecule has 38 heavy (non-hydrogen) atoms. The fourth-order valence-electron chi connectivity index (χ4n) is 5.37. The predicted octanol–water partition coefficient (Wildman–Crippen LogP) is 5.17. The molecule has 1 unspecified atom stereocenters. The van der Waals surface area contributed by atoms with Gasteiger partial charge in [-0.1, -0.05) is 24.3 Å². The maximum atomic E-state index is 13.4. The van der Waals surface area contributed by atoms with Gasteiger partial charge in [0.05, 0.1) is 6.61 Å². The first kappa shape index (κ1) is 26.4. The van der Waals surface area contributed by atoms with E-state index in [0.29, 0.717) is 31.8 Å². The standard InChI is InChI=1S/C30H34N2O5S/c1-29(2,3)37-28(34)31-18-20-8-11-25-24(16-20)30(19-36-25)12-14-32(15-13-30)27(33)22-10-9-21-6-5-7-26(38(4)35)23(21)17-22/h5-11,16-17H,12-15,18-19H2,1-4H3,(H,31,34). The molecule has 8 heteroatoms. The van der Waals surface area contributed by atoms with Crippen molar-refractivity contribution in [2.24, 2.45) is 0 Å². The lowest BCUT2D eigenvalue weighted by Crippen LogP contribution is -2.46. The van der Waals surface area contributed by atoms with Crippen LogP contribution >= 0.6 is 0 Å². The molecule has 200 valence electrons. The Morgan fingerprint density at radius 1 is 1.11 bits per heavy atom. The third-order valence-corrected chi connectivity index (χ3v) is 8.34. The zero-order valence-electron chi connectivity index (χ0n) is 22.3. The molecule has 2 aliphatic heterocycles. The number of fused-ring (bicyclic) bond motifs is 3. The van der Waals surface area contributed by atoms with Gasteiger partial charge in [-0.2, -0.15) is 0 Å². The monoisotopic (exact) mass is 534 g/mol. The molecule has 1 fully saturated rings. The van der Waals surface area contributed by atoms with E-state index in [2.05, 4.69) is 11.4 Å². The Labute approximate surface area is 226 Å². The van der Waals surface area contributed by atoms with Crippen molar-refractivity contribution in [1.29, 1.82) is 0 Å². The molecule has 2 aliphatic rings. The largest absolute Gasteiger partial charge is 0.612 e. The lowest BCUT2D eigenvalue weighted by Gasteiger charge is -2.38. The van der Waals surface area contributed by atoms with Crippen molar-refractivity contribution >= 4 is 33.9 Å². The average molecular weight is 535 g/mol. The summed E-state index contributed by atoms with van der Waals surface area (Å²) in [5.41, 5.74) is 2.05. The Hall–Kier alpha value is -3.23. The van der Waals surface area contributed by atoms with E-state index >= 15 is 0 Å². The number of benzene rings is 3. The minimum absolute atomic E-state index is 0.00658. The number of likely N-dealkylation sites (tertiary alicyclic amines) is 1. The van der Waals surface area contributed by atoms with Crippen LogP contribution in [0, 0.1) is 0 Å². The van der Waals surface area contributed by atoms with Gasteiger partial charge in [0, 0.05) is 41.6 Å². The second-order valence-corrected chi connectivity index (χ2v) is 12.5. The van der Waals surface area contributed by atoms with Crippen LogP contribution in [-0.4, -0.2) is 53.0 Å². The quantitative estimate of drug-likeness (QED) is 0.467. The van der Waals surface area contributed by atoms with E-state index < -0.39 is 22.9 Å². The molecule has 0 aliphatic carbocycles. The Morgan fingerprint density at radius 3 is 2.58 bits per heavy atom.